The number of thiazole rings is 1. The Kier molecular flexibility index (Phi) is 5.85. The molecule has 0 N–H and O–H groups in total. The van der Waals surface area contributed by atoms with Crippen LogP contribution in [0.4, 0.5) is 5.69 Å². The Labute approximate surface area is 183 Å². The van der Waals surface area contributed by atoms with Gasteiger partial charge in [0.2, 0.25) is 4.80 Å². The molecule has 0 radical (unpaired) electrons. The first-order valence-corrected chi connectivity index (χ1v) is 10.7. The van der Waals surface area contributed by atoms with Gasteiger partial charge in [-0.05, 0) is 39.0 Å². The standard InChI is InChI=1S/C22H22N4O4S/c1-14(2)23-22-25(19(13-31-22)17-5-4-6-18(11-17)26(27)28)24-15(3)16-7-8-20-21(12-16)30-10-9-29-20/h4-8,11-14H,9-10H2,1-3H3. The van der Waals surface area contributed by atoms with Crippen LogP contribution in [0.25, 0.3) is 11.3 Å². The maximum absolute atomic E-state index is 11.2. The van der Waals surface area contributed by atoms with E-state index in [9.17, 15) is 10.1 Å². The molecular weight excluding hydrogens is 416 g/mol. The lowest BCUT2D eigenvalue weighted by Gasteiger charge is -2.18. The summed E-state index contributed by atoms with van der Waals surface area (Å²) in [5, 5.41) is 18.0. The molecule has 0 saturated carbocycles. The zero-order valence-electron chi connectivity index (χ0n) is 17.4. The van der Waals surface area contributed by atoms with Gasteiger partial charge in [-0.3, -0.25) is 15.1 Å². The van der Waals surface area contributed by atoms with E-state index in [-0.39, 0.29) is 11.7 Å². The highest BCUT2D eigenvalue weighted by molar-refractivity contribution is 7.07. The highest BCUT2D eigenvalue weighted by Gasteiger charge is 2.15. The van der Waals surface area contributed by atoms with Crippen LogP contribution < -0.4 is 14.3 Å². The smallest absolute Gasteiger partial charge is 0.270 e. The molecule has 4 rings (SSSR count). The van der Waals surface area contributed by atoms with E-state index < -0.39 is 4.92 Å². The summed E-state index contributed by atoms with van der Waals surface area (Å²) in [7, 11) is 0. The van der Waals surface area contributed by atoms with Gasteiger partial charge in [0, 0.05) is 34.7 Å². The Morgan fingerprint density at radius 2 is 1.94 bits per heavy atom. The van der Waals surface area contributed by atoms with Gasteiger partial charge in [0.1, 0.15) is 13.2 Å². The first-order chi connectivity index (χ1) is 14.9. The van der Waals surface area contributed by atoms with E-state index in [1.165, 1.54) is 17.4 Å². The van der Waals surface area contributed by atoms with Crippen LogP contribution in [0.1, 0.15) is 26.3 Å². The quantitative estimate of drug-likeness (QED) is 0.334. The topological polar surface area (TPSA) is 91.2 Å². The van der Waals surface area contributed by atoms with E-state index in [0.29, 0.717) is 29.3 Å². The fraction of sp³-hybridized carbons (Fsp3) is 0.273. The largest absolute Gasteiger partial charge is 0.486 e. The molecule has 0 atom stereocenters. The summed E-state index contributed by atoms with van der Waals surface area (Å²) in [6, 6.07) is 12.3. The van der Waals surface area contributed by atoms with Gasteiger partial charge in [0.05, 0.1) is 16.3 Å². The van der Waals surface area contributed by atoms with Crippen LogP contribution in [0, 0.1) is 10.1 Å². The van der Waals surface area contributed by atoms with Crippen molar-refractivity contribution >= 4 is 22.7 Å². The predicted molar refractivity (Wildman–Crippen MR) is 120 cm³/mol. The Hall–Kier alpha value is -3.46. The molecule has 0 saturated heterocycles. The van der Waals surface area contributed by atoms with Crippen LogP contribution in [0.15, 0.2) is 57.9 Å². The monoisotopic (exact) mass is 438 g/mol. The highest BCUT2D eigenvalue weighted by atomic mass is 32.1. The molecule has 1 aliphatic heterocycles. The second kappa shape index (κ2) is 8.73. The number of fused-ring (bicyclic) bond motifs is 1. The number of hydrogen-bond donors (Lipinski definition) is 0. The van der Waals surface area contributed by atoms with Crippen LogP contribution >= 0.6 is 11.3 Å². The Balaban J connectivity index is 1.82. The number of nitrogens with zero attached hydrogens (tertiary/aromatic N) is 4. The van der Waals surface area contributed by atoms with Gasteiger partial charge < -0.3 is 9.47 Å². The number of ether oxygens (including phenoxy) is 2. The first-order valence-electron chi connectivity index (χ1n) is 9.87. The summed E-state index contributed by atoms with van der Waals surface area (Å²) < 4.78 is 13.0. The molecule has 1 aliphatic rings. The molecule has 3 aromatic rings. The second-order valence-corrected chi connectivity index (χ2v) is 8.13. The summed E-state index contributed by atoms with van der Waals surface area (Å²) in [5.41, 5.74) is 3.13. The number of aromatic nitrogens is 1. The van der Waals surface area contributed by atoms with Crippen molar-refractivity contribution in [1.82, 2.24) is 4.68 Å². The average molecular weight is 439 g/mol. The molecule has 1 aromatic heterocycles. The van der Waals surface area contributed by atoms with Gasteiger partial charge in [-0.1, -0.05) is 12.1 Å². The first kappa shape index (κ1) is 20.8. The van der Waals surface area contributed by atoms with Crippen molar-refractivity contribution in [3.05, 3.63) is 68.3 Å². The maximum Gasteiger partial charge on any atom is 0.270 e. The predicted octanol–water partition coefficient (Wildman–Crippen LogP) is 4.48. The minimum absolute atomic E-state index is 0.0325. The number of rotatable bonds is 5. The molecule has 0 spiro atoms. The van der Waals surface area contributed by atoms with Gasteiger partial charge >= 0.3 is 0 Å². The molecule has 0 fully saturated rings. The van der Waals surface area contributed by atoms with Crippen LogP contribution in [0.5, 0.6) is 11.5 Å². The van der Waals surface area contributed by atoms with Gasteiger partial charge in [0.25, 0.3) is 5.69 Å². The highest BCUT2D eigenvalue weighted by Crippen LogP contribution is 2.31. The van der Waals surface area contributed by atoms with Crippen molar-refractivity contribution in [1.29, 1.82) is 0 Å². The van der Waals surface area contributed by atoms with Crippen LogP contribution in [-0.2, 0) is 0 Å². The van der Waals surface area contributed by atoms with E-state index in [1.807, 2.05) is 50.4 Å². The average Bonchev–Trinajstić information content (AvgIpc) is 3.14. The maximum atomic E-state index is 11.2. The Morgan fingerprint density at radius 1 is 1.16 bits per heavy atom. The van der Waals surface area contributed by atoms with Gasteiger partial charge in [-0.25, -0.2) is 4.68 Å². The lowest BCUT2D eigenvalue weighted by molar-refractivity contribution is -0.384. The van der Waals surface area contributed by atoms with Gasteiger partial charge in [0.15, 0.2) is 11.5 Å². The van der Waals surface area contributed by atoms with E-state index >= 15 is 0 Å². The number of nitro groups is 1. The summed E-state index contributed by atoms with van der Waals surface area (Å²) in [6.45, 7) is 6.95. The van der Waals surface area contributed by atoms with Crippen LogP contribution in [0.3, 0.4) is 0 Å². The molecule has 0 bridgehead atoms. The van der Waals surface area contributed by atoms with Crippen molar-refractivity contribution < 1.29 is 14.4 Å². The van der Waals surface area contributed by atoms with Crippen molar-refractivity contribution in [2.24, 2.45) is 10.1 Å². The molecule has 2 aromatic carbocycles. The molecule has 0 unspecified atom stereocenters. The zero-order valence-corrected chi connectivity index (χ0v) is 18.3. The third-order valence-corrected chi connectivity index (χ3v) is 5.45. The SMILES string of the molecule is CC(=Nn1c(-c2cccc([N+](=O)[O-])c2)csc1=NC(C)C)c1ccc2c(c1)OCCO2. The summed E-state index contributed by atoms with van der Waals surface area (Å²) in [6.07, 6.45) is 0. The van der Waals surface area contributed by atoms with Crippen molar-refractivity contribution in [3.63, 3.8) is 0 Å². The number of non-ortho nitro benzene ring substituents is 1. The van der Waals surface area contributed by atoms with Gasteiger partial charge in [-0.2, -0.15) is 5.10 Å². The molecular formula is C22H22N4O4S. The van der Waals surface area contributed by atoms with Crippen molar-refractivity contribution in [2.75, 3.05) is 13.2 Å². The lowest BCUT2D eigenvalue weighted by Crippen LogP contribution is -2.17. The third kappa shape index (κ3) is 4.51. The number of benzene rings is 2. The third-order valence-electron chi connectivity index (χ3n) is 4.62. The molecule has 31 heavy (non-hydrogen) atoms. The van der Waals surface area contributed by atoms with E-state index in [1.54, 1.807) is 16.8 Å². The lowest BCUT2D eigenvalue weighted by atomic mass is 10.1. The van der Waals surface area contributed by atoms with Crippen molar-refractivity contribution in [3.8, 4) is 22.8 Å². The fourth-order valence-electron chi connectivity index (χ4n) is 3.16. The fourth-order valence-corrected chi connectivity index (χ4v) is 4.12. The molecule has 0 amide bonds. The van der Waals surface area contributed by atoms with Gasteiger partial charge in [-0.15, -0.1) is 11.3 Å². The second-order valence-electron chi connectivity index (χ2n) is 7.29. The van der Waals surface area contributed by atoms with Crippen LogP contribution in [0.2, 0.25) is 0 Å². The van der Waals surface area contributed by atoms with E-state index in [2.05, 4.69) is 4.99 Å². The zero-order chi connectivity index (χ0) is 22.0. The van der Waals surface area contributed by atoms with Crippen LogP contribution in [-0.4, -0.2) is 34.6 Å². The molecule has 160 valence electrons. The molecule has 0 aliphatic carbocycles. The summed E-state index contributed by atoms with van der Waals surface area (Å²) >= 11 is 1.45. The molecule has 2 heterocycles. The minimum atomic E-state index is -0.399. The number of hydrogen-bond acceptors (Lipinski definition) is 7. The summed E-state index contributed by atoms with van der Waals surface area (Å²) in [4.78, 5) is 16.2. The van der Waals surface area contributed by atoms with E-state index in [0.717, 1.165) is 22.7 Å². The minimum Gasteiger partial charge on any atom is -0.486 e. The van der Waals surface area contributed by atoms with Crippen molar-refractivity contribution in [2.45, 2.75) is 26.8 Å². The number of nitro benzene ring substituents is 1. The Morgan fingerprint density at radius 3 is 2.68 bits per heavy atom. The summed E-state index contributed by atoms with van der Waals surface area (Å²) in [5.74, 6) is 1.42. The molecule has 9 heteroatoms. The van der Waals surface area contributed by atoms with E-state index in [4.69, 9.17) is 14.6 Å². The normalized spacial score (nSPS) is 14.2. The Bertz CT molecular complexity index is 1230. The molecule has 8 nitrogen and oxygen atoms in total.